The van der Waals surface area contributed by atoms with Crippen molar-refractivity contribution in [3.05, 3.63) is 64.4 Å². The van der Waals surface area contributed by atoms with Gasteiger partial charge in [0.15, 0.2) is 11.6 Å². The third kappa shape index (κ3) is 3.94. The average molecular weight is 412 g/mol. The fraction of sp³-hybridized carbons (Fsp3) is 0.167. The summed E-state index contributed by atoms with van der Waals surface area (Å²) in [5.74, 6) is -0.938. The zero-order chi connectivity index (χ0) is 20.5. The number of carboxylic acid groups (broad SMARTS) is 1. The van der Waals surface area contributed by atoms with E-state index in [0.717, 1.165) is 6.07 Å². The van der Waals surface area contributed by atoms with Gasteiger partial charge in [0, 0.05) is 17.6 Å². The van der Waals surface area contributed by atoms with Crippen LogP contribution in [0.1, 0.15) is 21.7 Å². The number of hydrogen-bond acceptors (Lipinski definition) is 4. The molecule has 3 rings (SSSR count). The fourth-order valence-corrected chi connectivity index (χ4v) is 2.76. The van der Waals surface area contributed by atoms with Crippen LogP contribution in [0, 0.1) is 0 Å². The van der Waals surface area contributed by atoms with Gasteiger partial charge in [-0.25, -0.2) is 4.79 Å². The molecule has 0 unspecified atom stereocenters. The number of aromatic carboxylic acids is 1. The maximum absolute atomic E-state index is 13.2. The maximum Gasteiger partial charge on any atom is 0.417 e. The van der Waals surface area contributed by atoms with Gasteiger partial charge in [0.1, 0.15) is 17.9 Å². The van der Waals surface area contributed by atoms with Gasteiger partial charge in [0.25, 0.3) is 0 Å². The summed E-state index contributed by atoms with van der Waals surface area (Å²) in [7, 11) is 1.50. The molecule has 6 nitrogen and oxygen atoms in total. The second-order valence-electron chi connectivity index (χ2n) is 5.78. The Balaban J connectivity index is 1.89. The molecule has 0 aliphatic carbocycles. The van der Waals surface area contributed by atoms with Crippen LogP contribution < -0.4 is 4.74 Å². The Morgan fingerprint density at radius 1 is 1.21 bits per heavy atom. The number of nitrogens with zero attached hydrogens (tertiary/aromatic N) is 3. The first kappa shape index (κ1) is 19.7. The summed E-state index contributed by atoms with van der Waals surface area (Å²) in [6.07, 6.45) is -4.54. The molecule has 0 bridgehead atoms. The highest BCUT2D eigenvalue weighted by Crippen LogP contribution is 2.36. The number of ether oxygens (including phenoxy) is 1. The SMILES string of the molecule is Cn1c(COc2ccc(Cl)cc2C(=O)O)nnc1-c1ccccc1C(F)(F)F. The highest BCUT2D eigenvalue weighted by atomic mass is 35.5. The molecule has 0 aliphatic rings. The summed E-state index contributed by atoms with van der Waals surface area (Å²) in [5.41, 5.74) is -1.09. The van der Waals surface area contributed by atoms with Crippen LogP contribution in [0.5, 0.6) is 5.75 Å². The van der Waals surface area contributed by atoms with Gasteiger partial charge >= 0.3 is 12.1 Å². The normalized spacial score (nSPS) is 11.5. The van der Waals surface area contributed by atoms with Gasteiger partial charge in [0.05, 0.1) is 5.56 Å². The van der Waals surface area contributed by atoms with Crippen LogP contribution in [0.4, 0.5) is 13.2 Å². The van der Waals surface area contributed by atoms with E-state index in [0.29, 0.717) is 0 Å². The Kier molecular flexibility index (Phi) is 5.28. The van der Waals surface area contributed by atoms with E-state index in [4.69, 9.17) is 16.3 Å². The molecule has 0 spiro atoms. The van der Waals surface area contributed by atoms with Crippen LogP contribution in [0.2, 0.25) is 5.02 Å². The van der Waals surface area contributed by atoms with Crippen molar-refractivity contribution >= 4 is 17.6 Å². The van der Waals surface area contributed by atoms with Crippen molar-refractivity contribution in [3.8, 4) is 17.1 Å². The van der Waals surface area contributed by atoms with Gasteiger partial charge in [-0.05, 0) is 24.3 Å². The van der Waals surface area contributed by atoms with Crippen molar-refractivity contribution in [3.63, 3.8) is 0 Å². The predicted molar refractivity (Wildman–Crippen MR) is 94.2 cm³/mol. The van der Waals surface area contributed by atoms with Crippen LogP contribution in [-0.2, 0) is 19.8 Å². The molecular weight excluding hydrogens is 399 g/mol. The van der Waals surface area contributed by atoms with Gasteiger partial charge in [-0.1, -0.05) is 29.8 Å². The van der Waals surface area contributed by atoms with Crippen LogP contribution >= 0.6 is 11.6 Å². The first-order chi connectivity index (χ1) is 13.2. The zero-order valence-corrected chi connectivity index (χ0v) is 15.1. The van der Waals surface area contributed by atoms with E-state index in [2.05, 4.69) is 10.2 Å². The Bertz CT molecular complexity index is 1030. The molecule has 1 aromatic heterocycles. The largest absolute Gasteiger partial charge is 0.485 e. The van der Waals surface area contributed by atoms with E-state index in [1.807, 2.05) is 0 Å². The molecule has 146 valence electrons. The molecule has 10 heteroatoms. The Labute approximate surface area is 162 Å². The standard InChI is InChI=1S/C18H13ClF3N3O3/c1-25-15(9-28-14-7-6-10(19)8-12(14)17(26)27)23-24-16(25)11-4-2-3-5-13(11)18(20,21)22/h2-8H,9H2,1H3,(H,26,27). The van der Waals surface area contributed by atoms with E-state index in [1.54, 1.807) is 0 Å². The van der Waals surface area contributed by atoms with E-state index >= 15 is 0 Å². The van der Waals surface area contributed by atoms with Crippen LogP contribution in [0.25, 0.3) is 11.4 Å². The van der Waals surface area contributed by atoms with Gasteiger partial charge in [-0.2, -0.15) is 13.2 Å². The first-order valence-electron chi connectivity index (χ1n) is 7.89. The van der Waals surface area contributed by atoms with Crippen LogP contribution in [0.15, 0.2) is 42.5 Å². The monoisotopic (exact) mass is 411 g/mol. The van der Waals surface area contributed by atoms with E-state index < -0.39 is 17.7 Å². The van der Waals surface area contributed by atoms with E-state index in [9.17, 15) is 23.1 Å². The van der Waals surface area contributed by atoms with E-state index in [1.165, 1.54) is 48.0 Å². The molecule has 0 atom stereocenters. The molecule has 1 N–H and O–H groups in total. The quantitative estimate of drug-likeness (QED) is 0.672. The van der Waals surface area contributed by atoms with Gasteiger partial charge in [-0.3, -0.25) is 0 Å². The molecule has 0 fully saturated rings. The number of carboxylic acids is 1. The third-order valence-corrected chi connectivity index (χ3v) is 4.20. The van der Waals surface area contributed by atoms with Crippen molar-refractivity contribution in [2.75, 3.05) is 0 Å². The van der Waals surface area contributed by atoms with Crippen LogP contribution in [0.3, 0.4) is 0 Å². The predicted octanol–water partition coefficient (Wildman–Crippen LogP) is 4.43. The van der Waals surface area contributed by atoms with Crippen molar-refractivity contribution < 1.29 is 27.8 Å². The number of hydrogen-bond donors (Lipinski definition) is 1. The highest BCUT2D eigenvalue weighted by Gasteiger charge is 2.34. The molecular formula is C18H13ClF3N3O3. The molecule has 3 aromatic rings. The molecule has 0 radical (unpaired) electrons. The summed E-state index contributed by atoms with van der Waals surface area (Å²) in [5, 5.41) is 17.2. The second-order valence-corrected chi connectivity index (χ2v) is 6.21. The van der Waals surface area contributed by atoms with Crippen molar-refractivity contribution in [2.45, 2.75) is 12.8 Å². The van der Waals surface area contributed by atoms with Gasteiger partial charge in [-0.15, -0.1) is 10.2 Å². The Morgan fingerprint density at radius 3 is 2.61 bits per heavy atom. The minimum atomic E-state index is -4.54. The lowest BCUT2D eigenvalue weighted by atomic mass is 10.1. The number of halogens is 4. The second kappa shape index (κ2) is 7.51. The summed E-state index contributed by atoms with van der Waals surface area (Å²) >= 11 is 5.79. The smallest absolute Gasteiger partial charge is 0.417 e. The lowest BCUT2D eigenvalue weighted by Gasteiger charge is -2.12. The van der Waals surface area contributed by atoms with Gasteiger partial charge < -0.3 is 14.4 Å². The van der Waals surface area contributed by atoms with Gasteiger partial charge in [0.2, 0.25) is 0 Å². The molecule has 28 heavy (non-hydrogen) atoms. The first-order valence-corrected chi connectivity index (χ1v) is 8.27. The highest BCUT2D eigenvalue weighted by molar-refractivity contribution is 6.31. The Hall–Kier alpha value is -3.07. The number of rotatable bonds is 5. The minimum absolute atomic E-state index is 0.0149. The number of benzene rings is 2. The summed E-state index contributed by atoms with van der Waals surface area (Å²) in [6.45, 7) is -0.195. The molecule has 0 saturated carbocycles. The molecule has 1 heterocycles. The zero-order valence-electron chi connectivity index (χ0n) is 14.4. The lowest BCUT2D eigenvalue weighted by Crippen LogP contribution is -2.10. The van der Waals surface area contributed by atoms with Crippen LogP contribution in [-0.4, -0.2) is 25.8 Å². The van der Waals surface area contributed by atoms with E-state index in [-0.39, 0.29) is 40.2 Å². The number of alkyl halides is 3. The molecule has 0 amide bonds. The Morgan fingerprint density at radius 2 is 1.93 bits per heavy atom. The summed E-state index contributed by atoms with van der Waals surface area (Å²) < 4.78 is 46.6. The summed E-state index contributed by atoms with van der Waals surface area (Å²) in [6, 6.07) is 9.13. The molecule has 0 aliphatic heterocycles. The van der Waals surface area contributed by atoms with Crippen molar-refractivity contribution in [1.82, 2.24) is 14.8 Å². The molecule has 2 aromatic carbocycles. The van der Waals surface area contributed by atoms with Crippen molar-refractivity contribution in [2.24, 2.45) is 7.05 Å². The minimum Gasteiger partial charge on any atom is -0.485 e. The average Bonchev–Trinajstić information content (AvgIpc) is 3.00. The molecule has 0 saturated heterocycles. The fourth-order valence-electron chi connectivity index (χ4n) is 2.58. The van der Waals surface area contributed by atoms with Crippen molar-refractivity contribution in [1.29, 1.82) is 0 Å². The topological polar surface area (TPSA) is 77.2 Å². The number of aromatic nitrogens is 3. The third-order valence-electron chi connectivity index (χ3n) is 3.97. The number of carbonyl (C=O) groups is 1. The maximum atomic E-state index is 13.2. The lowest BCUT2D eigenvalue weighted by molar-refractivity contribution is -0.137. The summed E-state index contributed by atoms with van der Waals surface area (Å²) in [4.78, 5) is 11.3.